The maximum atomic E-state index is 14.2. The number of fused-ring (bicyclic) bond motifs is 3. The first kappa shape index (κ1) is 28.3. The van der Waals surface area contributed by atoms with Crippen molar-refractivity contribution in [3.8, 4) is 0 Å². The number of ketones is 1. The summed E-state index contributed by atoms with van der Waals surface area (Å²) in [5.41, 5.74) is -3.21. The van der Waals surface area contributed by atoms with Gasteiger partial charge in [0.15, 0.2) is 11.9 Å². The molecule has 10 heteroatoms. The Bertz CT molecular complexity index is 1090. The van der Waals surface area contributed by atoms with Crippen LogP contribution in [-0.4, -0.2) is 65.3 Å². The first-order valence-corrected chi connectivity index (χ1v) is 13.1. The van der Waals surface area contributed by atoms with Crippen molar-refractivity contribution in [2.45, 2.75) is 98.2 Å². The second kappa shape index (κ2) is 9.17. The predicted molar refractivity (Wildman–Crippen MR) is 131 cm³/mol. The van der Waals surface area contributed by atoms with E-state index < -0.39 is 82.5 Å². The fraction of sp³-hybridized carbons (Fsp3) is 0.750. The summed E-state index contributed by atoms with van der Waals surface area (Å²) in [5.74, 6) is -4.69. The number of aliphatic hydroxyl groups is 1. The van der Waals surface area contributed by atoms with Gasteiger partial charge in [0, 0.05) is 51.4 Å². The quantitative estimate of drug-likeness (QED) is 0.324. The van der Waals surface area contributed by atoms with E-state index in [1.807, 2.05) is 20.8 Å². The van der Waals surface area contributed by atoms with Crippen LogP contribution >= 0.6 is 0 Å². The zero-order valence-corrected chi connectivity index (χ0v) is 23.1. The molecule has 0 aromatic rings. The van der Waals surface area contributed by atoms with Crippen molar-refractivity contribution in [2.75, 3.05) is 0 Å². The smallest absolute Gasteiger partial charge is 0.303 e. The van der Waals surface area contributed by atoms with Crippen molar-refractivity contribution in [1.29, 1.82) is 0 Å². The molecule has 0 saturated heterocycles. The number of hydrogen-bond donors (Lipinski definition) is 1. The zero-order chi connectivity index (χ0) is 28.5. The SMILES string of the molecule is C=C1C(=O)[C@]23CC1C[C@H](OC(C)=O)[C@H]2[C@@]1(C)[C@@H](OC(C)=O)C[C@H](O)C(C)(C)[C@H]1[C@@H](OC(C)=O)[C@@H]3OC(C)=O. The molecule has 38 heavy (non-hydrogen) atoms. The first-order valence-electron chi connectivity index (χ1n) is 13.1. The molecule has 4 rings (SSSR count). The average Bonchev–Trinajstić information content (AvgIpc) is 2.95. The monoisotopic (exact) mass is 534 g/mol. The summed E-state index contributed by atoms with van der Waals surface area (Å²) in [4.78, 5) is 63.9. The van der Waals surface area contributed by atoms with Crippen LogP contribution in [0.3, 0.4) is 0 Å². The summed E-state index contributed by atoms with van der Waals surface area (Å²) >= 11 is 0. The summed E-state index contributed by atoms with van der Waals surface area (Å²) in [6, 6.07) is 0. The normalized spacial score (nSPS) is 42.8. The van der Waals surface area contributed by atoms with Crippen LogP contribution in [0.1, 0.15) is 67.7 Å². The lowest BCUT2D eigenvalue weighted by Gasteiger charge is -2.69. The van der Waals surface area contributed by atoms with Gasteiger partial charge in [0.1, 0.15) is 18.3 Å². The Balaban J connectivity index is 2.09. The molecular formula is C28H38O10. The highest BCUT2D eigenvalue weighted by molar-refractivity contribution is 6.04. The van der Waals surface area contributed by atoms with Gasteiger partial charge in [-0.15, -0.1) is 0 Å². The van der Waals surface area contributed by atoms with Crippen LogP contribution in [0.25, 0.3) is 0 Å². The number of aliphatic hydroxyl groups excluding tert-OH is 1. The molecule has 4 fully saturated rings. The van der Waals surface area contributed by atoms with E-state index in [9.17, 15) is 29.1 Å². The third-order valence-electron chi connectivity index (χ3n) is 9.72. The minimum atomic E-state index is -1.45. The number of ether oxygens (including phenoxy) is 4. The van der Waals surface area contributed by atoms with E-state index in [-0.39, 0.29) is 24.5 Å². The number of allylic oxidation sites excluding steroid dienone is 1. The Morgan fingerprint density at radius 3 is 1.92 bits per heavy atom. The summed E-state index contributed by atoms with van der Waals surface area (Å²) < 4.78 is 23.5. The van der Waals surface area contributed by atoms with Crippen molar-refractivity contribution in [3.05, 3.63) is 12.2 Å². The average molecular weight is 535 g/mol. The van der Waals surface area contributed by atoms with Gasteiger partial charge in [0.25, 0.3) is 0 Å². The van der Waals surface area contributed by atoms with Gasteiger partial charge in [0.05, 0.1) is 11.5 Å². The largest absolute Gasteiger partial charge is 0.462 e. The molecule has 4 aliphatic rings. The Kier molecular flexibility index (Phi) is 6.82. The third kappa shape index (κ3) is 3.89. The molecule has 0 aromatic heterocycles. The highest BCUT2D eigenvalue weighted by atomic mass is 16.6. The van der Waals surface area contributed by atoms with Crippen molar-refractivity contribution >= 4 is 29.7 Å². The van der Waals surface area contributed by atoms with Gasteiger partial charge in [-0.1, -0.05) is 27.4 Å². The Labute approximate surface area is 222 Å². The molecule has 2 bridgehead atoms. The summed E-state index contributed by atoms with van der Waals surface area (Å²) in [6.45, 7) is 14.5. The maximum Gasteiger partial charge on any atom is 0.303 e. The minimum absolute atomic E-state index is 0.0581. The van der Waals surface area contributed by atoms with Crippen molar-refractivity contribution in [3.63, 3.8) is 0 Å². The van der Waals surface area contributed by atoms with Gasteiger partial charge < -0.3 is 24.1 Å². The summed E-state index contributed by atoms with van der Waals surface area (Å²) in [6.07, 6.45) is -4.48. The van der Waals surface area contributed by atoms with Crippen LogP contribution in [0, 0.1) is 34.0 Å². The van der Waals surface area contributed by atoms with E-state index in [1.54, 1.807) is 0 Å². The molecule has 4 saturated carbocycles. The second-order valence-corrected chi connectivity index (χ2v) is 12.3. The lowest BCUT2D eigenvalue weighted by Crippen LogP contribution is -2.77. The van der Waals surface area contributed by atoms with Gasteiger partial charge in [-0.05, 0) is 29.7 Å². The number of hydrogen-bond acceptors (Lipinski definition) is 10. The van der Waals surface area contributed by atoms with Crippen LogP contribution in [0.5, 0.6) is 0 Å². The van der Waals surface area contributed by atoms with Gasteiger partial charge in [-0.3, -0.25) is 24.0 Å². The van der Waals surface area contributed by atoms with Gasteiger partial charge in [-0.25, -0.2) is 0 Å². The zero-order valence-electron chi connectivity index (χ0n) is 23.1. The molecule has 4 aliphatic carbocycles. The molecule has 1 unspecified atom stereocenters. The second-order valence-electron chi connectivity index (χ2n) is 12.3. The van der Waals surface area contributed by atoms with Crippen molar-refractivity contribution in [2.24, 2.45) is 34.0 Å². The molecule has 10 nitrogen and oxygen atoms in total. The lowest BCUT2D eigenvalue weighted by atomic mass is 9.37. The molecule has 1 spiro atoms. The van der Waals surface area contributed by atoms with E-state index in [4.69, 9.17) is 18.9 Å². The molecule has 0 heterocycles. The predicted octanol–water partition coefficient (Wildman–Crippen LogP) is 2.29. The topological polar surface area (TPSA) is 143 Å². The molecule has 0 radical (unpaired) electrons. The van der Waals surface area contributed by atoms with Crippen LogP contribution in [0.15, 0.2) is 12.2 Å². The highest BCUT2D eigenvalue weighted by Crippen LogP contribution is 2.72. The number of carbonyl (C=O) groups excluding carboxylic acids is 5. The first-order chi connectivity index (χ1) is 17.5. The van der Waals surface area contributed by atoms with Crippen LogP contribution in [0.4, 0.5) is 0 Å². The number of rotatable bonds is 4. The van der Waals surface area contributed by atoms with Gasteiger partial charge >= 0.3 is 23.9 Å². The van der Waals surface area contributed by atoms with E-state index in [2.05, 4.69) is 6.58 Å². The van der Waals surface area contributed by atoms with E-state index in [0.717, 1.165) is 0 Å². The third-order valence-corrected chi connectivity index (χ3v) is 9.72. The van der Waals surface area contributed by atoms with Crippen LogP contribution in [-0.2, 0) is 42.9 Å². The standard InChI is InChI=1S/C28H38O10/c1-12-17-9-18(35-13(2)29)22-27(8)20(36-14(3)30)10-19(33)26(6,7)23(27)21(37-15(4)31)25(38-16(5)32)28(22,11-17)24(12)34/h17-23,25,33H,1,9-11H2,2-8H3/t17?,18-,19-,20-,21+,22-,23+,25-,27+,28-/m0/s1. The van der Waals surface area contributed by atoms with E-state index in [0.29, 0.717) is 12.0 Å². The maximum absolute atomic E-state index is 14.2. The fourth-order valence-corrected chi connectivity index (χ4v) is 8.71. The lowest BCUT2D eigenvalue weighted by molar-refractivity contribution is -0.309. The van der Waals surface area contributed by atoms with Gasteiger partial charge in [0.2, 0.25) is 0 Å². The number of esters is 4. The number of carbonyl (C=O) groups is 5. The van der Waals surface area contributed by atoms with Crippen molar-refractivity contribution < 1.29 is 48.0 Å². The summed E-state index contributed by atoms with van der Waals surface area (Å²) in [7, 11) is 0. The molecule has 0 aromatic carbocycles. The Morgan fingerprint density at radius 1 is 0.842 bits per heavy atom. The Hall–Kier alpha value is -2.75. The fourth-order valence-electron chi connectivity index (χ4n) is 8.71. The van der Waals surface area contributed by atoms with Crippen molar-refractivity contribution in [1.82, 2.24) is 0 Å². The molecule has 0 aliphatic heterocycles. The van der Waals surface area contributed by atoms with Crippen LogP contribution < -0.4 is 0 Å². The molecule has 210 valence electrons. The summed E-state index contributed by atoms with van der Waals surface area (Å²) in [5, 5.41) is 11.3. The van der Waals surface area contributed by atoms with E-state index in [1.165, 1.54) is 27.7 Å². The van der Waals surface area contributed by atoms with Gasteiger partial charge in [-0.2, -0.15) is 0 Å². The Morgan fingerprint density at radius 2 is 1.39 bits per heavy atom. The molecule has 1 N–H and O–H groups in total. The molecule has 0 amide bonds. The molecular weight excluding hydrogens is 496 g/mol. The molecule has 10 atom stereocenters. The van der Waals surface area contributed by atoms with E-state index >= 15 is 0 Å². The van der Waals surface area contributed by atoms with Crippen LogP contribution in [0.2, 0.25) is 0 Å². The highest BCUT2D eigenvalue weighted by Gasteiger charge is 2.80. The minimum Gasteiger partial charge on any atom is -0.462 e. The number of Topliss-reactive ketones (excluding diaryl/α,β-unsaturated/α-hetero) is 1.